The molecular weight excluding hydrogens is 340 g/mol. The van der Waals surface area contributed by atoms with Crippen LogP contribution in [0.5, 0.6) is 17.2 Å². The highest BCUT2D eigenvalue weighted by Gasteiger charge is 2.15. The van der Waals surface area contributed by atoms with E-state index in [1.807, 2.05) is 30.5 Å². The van der Waals surface area contributed by atoms with Crippen LogP contribution in [0.1, 0.15) is 0 Å². The van der Waals surface area contributed by atoms with Crippen molar-refractivity contribution in [3.05, 3.63) is 46.8 Å². The van der Waals surface area contributed by atoms with Gasteiger partial charge in [-0.25, -0.2) is 4.98 Å². The van der Waals surface area contributed by atoms with Crippen LogP contribution in [0.2, 0.25) is 0 Å². The van der Waals surface area contributed by atoms with Gasteiger partial charge in [0.15, 0.2) is 16.7 Å². The molecule has 0 fully saturated rings. The zero-order chi connectivity index (χ0) is 18.0. The van der Waals surface area contributed by atoms with Gasteiger partial charge in [-0.1, -0.05) is 11.8 Å². The fourth-order valence-corrected chi connectivity index (χ4v) is 3.15. The van der Waals surface area contributed by atoms with Gasteiger partial charge >= 0.3 is 0 Å². The Labute approximate surface area is 149 Å². The molecule has 6 nitrogen and oxygen atoms in total. The highest BCUT2D eigenvalue weighted by atomic mass is 32.2. The lowest BCUT2D eigenvalue weighted by Gasteiger charge is -2.14. The fraction of sp³-hybridized carbons (Fsp3) is 0.222. The average molecular weight is 358 g/mol. The summed E-state index contributed by atoms with van der Waals surface area (Å²) in [6, 6.07) is 10.7. The van der Waals surface area contributed by atoms with E-state index in [-0.39, 0.29) is 5.56 Å². The van der Waals surface area contributed by atoms with Crippen molar-refractivity contribution in [2.75, 3.05) is 27.6 Å². The second kappa shape index (κ2) is 7.06. The van der Waals surface area contributed by atoms with Gasteiger partial charge < -0.3 is 14.2 Å². The summed E-state index contributed by atoms with van der Waals surface area (Å²) in [5.74, 6) is 1.76. The molecular formula is C18H18N2O4S. The van der Waals surface area contributed by atoms with E-state index >= 15 is 0 Å². The first-order valence-corrected chi connectivity index (χ1v) is 8.72. The molecule has 3 rings (SSSR count). The lowest BCUT2D eigenvalue weighted by atomic mass is 10.2. The van der Waals surface area contributed by atoms with Gasteiger partial charge in [-0.15, -0.1) is 0 Å². The summed E-state index contributed by atoms with van der Waals surface area (Å²) in [5, 5.41) is 1.06. The van der Waals surface area contributed by atoms with Crippen molar-refractivity contribution in [1.29, 1.82) is 0 Å². The molecule has 0 spiro atoms. The Kier molecular flexibility index (Phi) is 4.85. The minimum absolute atomic E-state index is 0.166. The maximum Gasteiger partial charge on any atom is 0.266 e. The van der Waals surface area contributed by atoms with Crippen molar-refractivity contribution in [3.63, 3.8) is 0 Å². The number of ether oxygens (including phenoxy) is 3. The molecule has 0 radical (unpaired) electrons. The Morgan fingerprint density at radius 3 is 2.16 bits per heavy atom. The maximum absolute atomic E-state index is 13.1. The zero-order valence-electron chi connectivity index (χ0n) is 14.4. The molecule has 1 aromatic heterocycles. The number of benzene rings is 2. The number of methoxy groups -OCH3 is 3. The summed E-state index contributed by atoms with van der Waals surface area (Å²) in [6.07, 6.45) is 1.88. The summed E-state index contributed by atoms with van der Waals surface area (Å²) in [4.78, 5) is 17.7. The van der Waals surface area contributed by atoms with Gasteiger partial charge in [-0.2, -0.15) is 0 Å². The predicted molar refractivity (Wildman–Crippen MR) is 98.8 cm³/mol. The number of fused-ring (bicyclic) bond motifs is 1. The van der Waals surface area contributed by atoms with Crippen molar-refractivity contribution in [1.82, 2.24) is 9.55 Å². The molecule has 0 aliphatic heterocycles. The van der Waals surface area contributed by atoms with Gasteiger partial charge in [0.2, 0.25) is 0 Å². The lowest BCUT2D eigenvalue weighted by molar-refractivity contribution is 0.355. The minimum Gasteiger partial charge on any atom is -0.497 e. The Morgan fingerprint density at radius 1 is 0.960 bits per heavy atom. The highest BCUT2D eigenvalue weighted by Crippen LogP contribution is 2.31. The summed E-state index contributed by atoms with van der Waals surface area (Å²) in [6.45, 7) is 0. The van der Waals surface area contributed by atoms with E-state index in [0.717, 1.165) is 11.4 Å². The molecule has 0 bridgehead atoms. The lowest BCUT2D eigenvalue weighted by Crippen LogP contribution is -2.21. The van der Waals surface area contributed by atoms with E-state index in [1.165, 1.54) is 18.9 Å². The molecule has 1 heterocycles. The van der Waals surface area contributed by atoms with Crippen LogP contribution in [0.25, 0.3) is 16.6 Å². The zero-order valence-corrected chi connectivity index (χ0v) is 15.2. The molecule has 0 aliphatic rings. The number of hydrogen-bond donors (Lipinski definition) is 0. The molecule has 0 saturated heterocycles. The molecule has 0 N–H and O–H groups in total. The number of thioether (sulfide) groups is 1. The van der Waals surface area contributed by atoms with Gasteiger partial charge in [0, 0.05) is 6.07 Å². The third-order valence-electron chi connectivity index (χ3n) is 3.86. The van der Waals surface area contributed by atoms with E-state index < -0.39 is 0 Å². The van der Waals surface area contributed by atoms with Crippen LogP contribution in [0, 0.1) is 0 Å². The smallest absolute Gasteiger partial charge is 0.266 e. The first-order chi connectivity index (χ1) is 12.1. The Hall–Kier alpha value is -2.67. The summed E-state index contributed by atoms with van der Waals surface area (Å²) < 4.78 is 17.4. The monoisotopic (exact) mass is 358 g/mol. The van der Waals surface area contributed by atoms with Crippen LogP contribution in [-0.2, 0) is 0 Å². The van der Waals surface area contributed by atoms with Crippen LogP contribution in [0.15, 0.2) is 46.3 Å². The van der Waals surface area contributed by atoms with E-state index in [1.54, 1.807) is 30.9 Å². The van der Waals surface area contributed by atoms with E-state index in [9.17, 15) is 4.79 Å². The summed E-state index contributed by atoms with van der Waals surface area (Å²) >= 11 is 1.40. The van der Waals surface area contributed by atoms with Crippen molar-refractivity contribution in [2.45, 2.75) is 5.16 Å². The molecule has 25 heavy (non-hydrogen) atoms. The van der Waals surface area contributed by atoms with Crippen molar-refractivity contribution in [3.8, 4) is 22.9 Å². The minimum atomic E-state index is -0.166. The largest absolute Gasteiger partial charge is 0.497 e. The third-order valence-corrected chi connectivity index (χ3v) is 4.49. The molecule has 0 saturated carbocycles. The summed E-state index contributed by atoms with van der Waals surface area (Å²) in [5.41, 5.74) is 1.12. The van der Waals surface area contributed by atoms with Crippen LogP contribution in [0.4, 0.5) is 0 Å². The first kappa shape index (κ1) is 17.2. The Bertz CT molecular complexity index is 967. The predicted octanol–water partition coefficient (Wildman–Crippen LogP) is 3.13. The maximum atomic E-state index is 13.1. The molecule has 130 valence electrons. The highest BCUT2D eigenvalue weighted by molar-refractivity contribution is 7.98. The average Bonchev–Trinajstić information content (AvgIpc) is 2.66. The van der Waals surface area contributed by atoms with Crippen LogP contribution < -0.4 is 19.8 Å². The number of aromatic nitrogens is 2. The van der Waals surface area contributed by atoms with Gasteiger partial charge in [0.05, 0.1) is 37.9 Å². The second-order valence-corrected chi connectivity index (χ2v) is 5.93. The van der Waals surface area contributed by atoms with Gasteiger partial charge in [0.25, 0.3) is 5.56 Å². The molecule has 7 heteroatoms. The fourth-order valence-electron chi connectivity index (χ4n) is 2.59. The van der Waals surface area contributed by atoms with E-state index in [4.69, 9.17) is 14.2 Å². The standard InChI is InChI=1S/C18H18N2O4S/c1-22-12-7-5-11(6-8-12)20-17(21)13-9-15(23-2)16(24-3)10-14(13)19-18(20)25-4/h5-10H,1-4H3. The van der Waals surface area contributed by atoms with Crippen molar-refractivity contribution >= 4 is 22.7 Å². The molecule has 2 aromatic carbocycles. The number of rotatable bonds is 5. The second-order valence-electron chi connectivity index (χ2n) is 5.16. The quantitative estimate of drug-likeness (QED) is 0.516. The molecule has 0 unspecified atom stereocenters. The third kappa shape index (κ3) is 3.02. The normalized spacial score (nSPS) is 10.7. The topological polar surface area (TPSA) is 62.6 Å². The molecule has 0 amide bonds. The van der Waals surface area contributed by atoms with Gasteiger partial charge in [0.1, 0.15) is 5.75 Å². The SMILES string of the molecule is COc1ccc(-n2c(SC)nc3cc(OC)c(OC)cc3c2=O)cc1. The van der Waals surface area contributed by atoms with E-state index in [0.29, 0.717) is 27.6 Å². The van der Waals surface area contributed by atoms with Gasteiger partial charge in [-0.05, 0) is 36.6 Å². The first-order valence-electron chi connectivity index (χ1n) is 7.50. The Balaban J connectivity index is 2.30. The Morgan fingerprint density at radius 2 is 1.60 bits per heavy atom. The van der Waals surface area contributed by atoms with Crippen LogP contribution in [0.3, 0.4) is 0 Å². The summed E-state index contributed by atoms with van der Waals surface area (Å²) in [7, 11) is 4.69. The molecule has 0 atom stereocenters. The van der Waals surface area contributed by atoms with E-state index in [2.05, 4.69) is 4.98 Å². The number of nitrogens with zero attached hydrogens (tertiary/aromatic N) is 2. The van der Waals surface area contributed by atoms with Gasteiger partial charge in [-0.3, -0.25) is 9.36 Å². The van der Waals surface area contributed by atoms with Crippen LogP contribution >= 0.6 is 11.8 Å². The van der Waals surface area contributed by atoms with Crippen LogP contribution in [-0.4, -0.2) is 37.1 Å². The number of hydrogen-bond acceptors (Lipinski definition) is 6. The molecule has 0 aliphatic carbocycles. The van der Waals surface area contributed by atoms with Crippen molar-refractivity contribution in [2.24, 2.45) is 0 Å². The molecule has 3 aromatic rings. The van der Waals surface area contributed by atoms with Crippen molar-refractivity contribution < 1.29 is 14.2 Å².